The van der Waals surface area contributed by atoms with Crippen LogP contribution >= 0.6 is 0 Å². The molecule has 3 aromatic carbocycles. The predicted molar refractivity (Wildman–Crippen MR) is 119 cm³/mol. The van der Waals surface area contributed by atoms with Crippen LogP contribution in [0.4, 0.5) is 14.5 Å². The van der Waals surface area contributed by atoms with Crippen molar-refractivity contribution >= 4 is 33.9 Å². The molecule has 164 valence electrons. The maximum absolute atomic E-state index is 14.0. The maximum atomic E-state index is 14.0. The number of benzene rings is 3. The summed E-state index contributed by atoms with van der Waals surface area (Å²) in [6.45, 7) is 1.69. The van der Waals surface area contributed by atoms with Gasteiger partial charge in [0.05, 0.1) is 5.57 Å². The van der Waals surface area contributed by atoms with Gasteiger partial charge in [0, 0.05) is 17.3 Å². The van der Waals surface area contributed by atoms with Crippen molar-refractivity contribution in [1.29, 1.82) is 0 Å². The molecule has 7 heteroatoms. The molecule has 1 N–H and O–H groups in total. The zero-order valence-corrected chi connectivity index (χ0v) is 17.4. The fourth-order valence-electron chi connectivity index (χ4n) is 4.10. The molecule has 0 radical (unpaired) electrons. The summed E-state index contributed by atoms with van der Waals surface area (Å²) in [6.07, 6.45) is 0. The maximum Gasteiger partial charge on any atom is 0.300 e. The minimum atomic E-state index is -1.17. The minimum Gasteiger partial charge on any atom is -0.507 e. The summed E-state index contributed by atoms with van der Waals surface area (Å²) in [5.74, 6) is -3.85. The molecule has 0 saturated carbocycles. The van der Waals surface area contributed by atoms with Crippen molar-refractivity contribution in [2.75, 3.05) is 4.90 Å². The van der Waals surface area contributed by atoms with Crippen molar-refractivity contribution in [3.05, 3.63) is 107 Å². The Morgan fingerprint density at radius 3 is 2.36 bits per heavy atom. The van der Waals surface area contributed by atoms with Crippen LogP contribution in [-0.2, 0) is 9.59 Å². The van der Waals surface area contributed by atoms with E-state index in [4.69, 9.17) is 4.42 Å². The van der Waals surface area contributed by atoms with Gasteiger partial charge in [-0.2, -0.15) is 0 Å². The summed E-state index contributed by atoms with van der Waals surface area (Å²) in [5, 5.41) is 12.9. The summed E-state index contributed by atoms with van der Waals surface area (Å²) in [6, 6.07) is 17.6. The number of aliphatic hydroxyl groups is 1. The molecular formula is C26H17F2NO4. The number of hydrogen-bond donors (Lipinski definition) is 1. The molecule has 1 aliphatic rings. The number of aryl methyl sites for hydroxylation is 1. The van der Waals surface area contributed by atoms with Gasteiger partial charge in [-0.3, -0.25) is 14.5 Å². The normalized spacial score (nSPS) is 17.8. The second-order valence-electron chi connectivity index (χ2n) is 7.78. The summed E-state index contributed by atoms with van der Waals surface area (Å²) < 4.78 is 33.2. The lowest BCUT2D eigenvalue weighted by Crippen LogP contribution is -2.29. The van der Waals surface area contributed by atoms with E-state index in [0.29, 0.717) is 11.3 Å². The van der Waals surface area contributed by atoms with Gasteiger partial charge in [0.25, 0.3) is 11.7 Å². The fraction of sp³-hybridized carbons (Fsp3) is 0.0769. The van der Waals surface area contributed by atoms with Gasteiger partial charge in [0.15, 0.2) is 11.6 Å². The third-order valence-corrected chi connectivity index (χ3v) is 5.68. The number of rotatable bonds is 3. The number of carbonyl (C=O) groups excluding carboxylic acids is 2. The zero-order chi connectivity index (χ0) is 23.3. The lowest BCUT2D eigenvalue weighted by atomic mass is 9.97. The van der Waals surface area contributed by atoms with Crippen LogP contribution in [0.3, 0.4) is 0 Å². The lowest BCUT2D eigenvalue weighted by Gasteiger charge is -2.23. The molecule has 1 atom stereocenters. The Balaban J connectivity index is 1.72. The highest BCUT2D eigenvalue weighted by molar-refractivity contribution is 6.51. The Labute approximate surface area is 187 Å². The van der Waals surface area contributed by atoms with Crippen LogP contribution in [-0.4, -0.2) is 16.8 Å². The molecule has 0 aliphatic carbocycles. The van der Waals surface area contributed by atoms with Crippen LogP contribution in [0.5, 0.6) is 0 Å². The summed E-state index contributed by atoms with van der Waals surface area (Å²) >= 11 is 0. The van der Waals surface area contributed by atoms with Gasteiger partial charge in [-0.15, -0.1) is 0 Å². The average Bonchev–Trinajstić information content (AvgIpc) is 3.35. The van der Waals surface area contributed by atoms with Gasteiger partial charge in [-0.05, 0) is 48.0 Å². The predicted octanol–water partition coefficient (Wildman–Crippen LogP) is 5.65. The van der Waals surface area contributed by atoms with Gasteiger partial charge in [0.2, 0.25) is 0 Å². The number of nitrogens with zero attached hydrogens (tertiary/aromatic N) is 1. The number of amides is 1. The molecule has 1 saturated heterocycles. The third-order valence-electron chi connectivity index (χ3n) is 5.68. The number of fused-ring (bicyclic) bond motifs is 1. The van der Waals surface area contributed by atoms with Crippen molar-refractivity contribution in [2.45, 2.75) is 13.0 Å². The van der Waals surface area contributed by atoms with Crippen LogP contribution in [0.2, 0.25) is 0 Å². The molecule has 33 heavy (non-hydrogen) atoms. The quantitative estimate of drug-likeness (QED) is 0.252. The SMILES string of the molecule is Cc1ccc(C2/C(=C(/O)c3ccc4ccccc4c3)C(=O)C(=O)N2c2ccc(F)c(F)c2)o1. The molecule has 1 aliphatic heterocycles. The van der Waals surface area contributed by atoms with E-state index in [9.17, 15) is 23.5 Å². The standard InChI is InChI=1S/C26H17F2NO4/c1-14-6-11-21(33-14)23-22(24(30)17-8-7-15-4-2-3-5-16(15)12-17)25(31)26(32)29(23)18-9-10-19(27)20(28)13-18/h2-13,23,30H,1H3/b24-22-. The van der Waals surface area contributed by atoms with Crippen LogP contribution in [0.25, 0.3) is 16.5 Å². The molecule has 5 rings (SSSR count). The first kappa shape index (κ1) is 20.6. The smallest absolute Gasteiger partial charge is 0.300 e. The van der Waals surface area contributed by atoms with E-state index in [2.05, 4.69) is 0 Å². The van der Waals surface area contributed by atoms with E-state index in [1.54, 1.807) is 37.3 Å². The number of anilines is 1. The molecule has 4 aromatic rings. The molecule has 1 aromatic heterocycles. The second-order valence-corrected chi connectivity index (χ2v) is 7.78. The number of hydrogen-bond acceptors (Lipinski definition) is 4. The Morgan fingerprint density at radius 2 is 1.67 bits per heavy atom. The molecule has 5 nitrogen and oxygen atoms in total. The third kappa shape index (κ3) is 3.38. The summed E-state index contributed by atoms with van der Waals surface area (Å²) in [4.78, 5) is 27.1. The van der Waals surface area contributed by atoms with Gasteiger partial charge < -0.3 is 9.52 Å². The van der Waals surface area contributed by atoms with Crippen LogP contribution < -0.4 is 4.90 Å². The number of halogens is 2. The Morgan fingerprint density at radius 1 is 0.909 bits per heavy atom. The van der Waals surface area contributed by atoms with E-state index in [1.165, 1.54) is 6.07 Å². The first-order valence-corrected chi connectivity index (χ1v) is 10.2. The molecule has 1 fully saturated rings. The molecule has 0 spiro atoms. The van der Waals surface area contributed by atoms with Crippen molar-refractivity contribution in [3.8, 4) is 0 Å². The molecular weight excluding hydrogens is 428 g/mol. The monoisotopic (exact) mass is 445 g/mol. The van der Waals surface area contributed by atoms with Gasteiger partial charge >= 0.3 is 0 Å². The number of aliphatic hydroxyl groups excluding tert-OH is 1. The Kier molecular flexibility index (Phi) is 4.82. The highest BCUT2D eigenvalue weighted by Gasteiger charge is 2.48. The molecule has 1 amide bonds. The van der Waals surface area contributed by atoms with Crippen molar-refractivity contribution in [3.63, 3.8) is 0 Å². The molecule has 1 unspecified atom stereocenters. The molecule has 2 heterocycles. The molecule has 0 bridgehead atoms. The lowest BCUT2D eigenvalue weighted by molar-refractivity contribution is -0.132. The number of furan rings is 1. The van der Waals surface area contributed by atoms with Gasteiger partial charge in [-0.1, -0.05) is 36.4 Å². The fourth-order valence-corrected chi connectivity index (χ4v) is 4.10. The van der Waals surface area contributed by atoms with E-state index < -0.39 is 29.4 Å². The number of Topliss-reactive ketones (excluding diaryl/α,β-unsaturated/α-hetero) is 1. The Bertz CT molecular complexity index is 1470. The zero-order valence-electron chi connectivity index (χ0n) is 17.4. The van der Waals surface area contributed by atoms with E-state index in [1.807, 2.05) is 24.3 Å². The van der Waals surface area contributed by atoms with E-state index >= 15 is 0 Å². The second kappa shape index (κ2) is 7.70. The highest BCUT2D eigenvalue weighted by atomic mass is 19.2. The van der Waals surface area contributed by atoms with Crippen molar-refractivity contribution in [2.24, 2.45) is 0 Å². The van der Waals surface area contributed by atoms with E-state index in [0.717, 1.165) is 27.8 Å². The van der Waals surface area contributed by atoms with Gasteiger partial charge in [0.1, 0.15) is 23.3 Å². The Hall–Kier alpha value is -4.26. The van der Waals surface area contributed by atoms with Crippen molar-refractivity contribution < 1.29 is 27.9 Å². The largest absolute Gasteiger partial charge is 0.507 e. The number of ketones is 1. The topological polar surface area (TPSA) is 70.8 Å². The van der Waals surface area contributed by atoms with E-state index in [-0.39, 0.29) is 22.8 Å². The van der Waals surface area contributed by atoms with Crippen LogP contribution in [0, 0.1) is 18.6 Å². The minimum absolute atomic E-state index is 0.0346. The highest BCUT2D eigenvalue weighted by Crippen LogP contribution is 2.43. The number of carbonyl (C=O) groups is 2. The van der Waals surface area contributed by atoms with Crippen LogP contribution in [0.15, 0.2) is 82.8 Å². The summed E-state index contributed by atoms with van der Waals surface area (Å²) in [5.41, 5.74) is 0.104. The van der Waals surface area contributed by atoms with Crippen LogP contribution in [0.1, 0.15) is 23.1 Å². The van der Waals surface area contributed by atoms with Gasteiger partial charge in [-0.25, -0.2) is 8.78 Å². The summed E-state index contributed by atoms with van der Waals surface area (Å²) in [7, 11) is 0. The van der Waals surface area contributed by atoms with Crippen molar-refractivity contribution in [1.82, 2.24) is 0 Å². The first-order chi connectivity index (χ1) is 15.8. The first-order valence-electron chi connectivity index (χ1n) is 10.2. The average molecular weight is 445 g/mol.